The van der Waals surface area contributed by atoms with Crippen molar-refractivity contribution in [2.24, 2.45) is 17.8 Å². The maximum atomic E-state index is 11.6. The Morgan fingerprint density at radius 1 is 1.09 bits per heavy atom. The van der Waals surface area contributed by atoms with Gasteiger partial charge >= 0.3 is 6.01 Å². The molecule has 2 aliphatic rings. The van der Waals surface area contributed by atoms with Crippen LogP contribution in [0.5, 0.6) is 5.88 Å². The summed E-state index contributed by atoms with van der Waals surface area (Å²) in [7, 11) is -3.20. The Kier molecular flexibility index (Phi) is 5.16. The maximum absolute atomic E-state index is 11.6. The molecule has 1 saturated carbocycles. The smallest absolute Gasteiger partial charge is 0.324 e. The number of rotatable bonds is 7. The largest absolute Gasteiger partial charge is 0.477 e. The van der Waals surface area contributed by atoms with Gasteiger partial charge < -0.3 is 14.2 Å². The zero-order chi connectivity index (χ0) is 22.5. The summed E-state index contributed by atoms with van der Waals surface area (Å²) < 4.78 is 34.6. The number of aromatic nitrogens is 3. The second kappa shape index (κ2) is 7.88. The quantitative estimate of drug-likeness (QED) is 0.536. The number of hydrogen-bond donors (Lipinski definition) is 0. The Hall–Kier alpha value is -2.94. The Morgan fingerprint density at radius 3 is 2.34 bits per heavy atom. The Labute approximate surface area is 187 Å². The molecule has 0 N–H and O–H groups in total. The average molecular weight is 455 g/mol. The number of benzene rings is 1. The number of nitrogens with zero attached hydrogens (tertiary/aromatic N) is 4. The van der Waals surface area contributed by atoms with E-state index < -0.39 is 9.84 Å². The van der Waals surface area contributed by atoms with Crippen LogP contribution in [0, 0.1) is 17.8 Å². The van der Waals surface area contributed by atoms with Gasteiger partial charge in [-0.2, -0.15) is 4.98 Å². The van der Waals surface area contributed by atoms with Crippen LogP contribution in [-0.2, 0) is 9.84 Å². The van der Waals surface area contributed by atoms with Crippen LogP contribution in [0.2, 0.25) is 0 Å². The van der Waals surface area contributed by atoms with Gasteiger partial charge in [-0.1, -0.05) is 31.1 Å². The van der Waals surface area contributed by atoms with Crippen molar-refractivity contribution in [2.45, 2.75) is 24.7 Å². The zero-order valence-corrected chi connectivity index (χ0v) is 19.1. The van der Waals surface area contributed by atoms with Crippen LogP contribution < -0.4 is 9.64 Å². The fourth-order valence-electron chi connectivity index (χ4n) is 4.35. The third-order valence-electron chi connectivity index (χ3n) is 6.37. The Balaban J connectivity index is 1.13. The van der Waals surface area contributed by atoms with Crippen molar-refractivity contribution in [1.82, 2.24) is 15.1 Å². The van der Waals surface area contributed by atoms with Crippen LogP contribution in [0.1, 0.15) is 25.6 Å². The minimum atomic E-state index is -3.20. The molecule has 1 aliphatic carbocycles. The first-order valence-electron chi connectivity index (χ1n) is 10.8. The summed E-state index contributed by atoms with van der Waals surface area (Å²) >= 11 is 0. The van der Waals surface area contributed by atoms with Crippen LogP contribution >= 0.6 is 0 Å². The van der Waals surface area contributed by atoms with Crippen molar-refractivity contribution in [1.29, 1.82) is 0 Å². The summed E-state index contributed by atoms with van der Waals surface area (Å²) in [4.78, 5) is 11.4. The molecule has 1 unspecified atom stereocenters. The summed E-state index contributed by atoms with van der Waals surface area (Å²) in [6, 6.07) is 11.2. The van der Waals surface area contributed by atoms with Gasteiger partial charge in [-0.15, -0.1) is 0 Å². The lowest BCUT2D eigenvalue weighted by atomic mass is 10.1. The van der Waals surface area contributed by atoms with E-state index >= 15 is 0 Å². The molecule has 0 radical (unpaired) electrons. The van der Waals surface area contributed by atoms with E-state index in [1.807, 2.05) is 12.1 Å². The number of ether oxygens (including phenoxy) is 1. The number of sulfone groups is 1. The molecule has 9 heteroatoms. The van der Waals surface area contributed by atoms with Gasteiger partial charge in [0, 0.05) is 49.0 Å². The van der Waals surface area contributed by atoms with Crippen LogP contribution in [0.25, 0.3) is 11.1 Å². The molecule has 8 nitrogen and oxygen atoms in total. The fourth-order valence-corrected chi connectivity index (χ4v) is 4.99. The highest BCUT2D eigenvalue weighted by atomic mass is 32.2. The molecule has 5 rings (SSSR count). The normalized spacial score (nSPS) is 22.2. The van der Waals surface area contributed by atoms with Crippen molar-refractivity contribution in [2.75, 3.05) is 30.9 Å². The van der Waals surface area contributed by atoms with Gasteiger partial charge in [-0.05, 0) is 35.6 Å². The van der Waals surface area contributed by atoms with Gasteiger partial charge in [0.05, 0.1) is 11.5 Å². The lowest BCUT2D eigenvalue weighted by Gasteiger charge is -2.16. The Bertz CT molecular complexity index is 1190. The molecule has 0 bridgehead atoms. The molecular formula is C23H26N4O4S. The van der Waals surface area contributed by atoms with E-state index in [4.69, 9.17) is 9.26 Å². The van der Waals surface area contributed by atoms with Gasteiger partial charge in [-0.3, -0.25) is 0 Å². The fraction of sp³-hybridized carbons (Fsp3) is 0.435. The Morgan fingerprint density at radius 2 is 1.78 bits per heavy atom. The molecule has 3 heterocycles. The molecule has 2 fully saturated rings. The van der Waals surface area contributed by atoms with E-state index in [1.54, 1.807) is 30.5 Å². The predicted molar refractivity (Wildman–Crippen MR) is 119 cm³/mol. The van der Waals surface area contributed by atoms with Crippen molar-refractivity contribution < 1.29 is 17.7 Å². The number of piperidine rings is 1. The van der Waals surface area contributed by atoms with E-state index in [0.29, 0.717) is 41.2 Å². The molecule has 1 aliphatic heterocycles. The molecule has 1 aromatic carbocycles. The van der Waals surface area contributed by atoms with Gasteiger partial charge in [0.25, 0.3) is 0 Å². The molecule has 0 amide bonds. The maximum Gasteiger partial charge on any atom is 0.324 e. The molecular weight excluding hydrogens is 428 g/mol. The van der Waals surface area contributed by atoms with Crippen LogP contribution in [0.4, 0.5) is 6.01 Å². The van der Waals surface area contributed by atoms with Crippen molar-refractivity contribution in [3.05, 3.63) is 48.4 Å². The van der Waals surface area contributed by atoms with Gasteiger partial charge in [0.2, 0.25) is 5.88 Å². The van der Waals surface area contributed by atoms with Gasteiger partial charge in [0.15, 0.2) is 15.7 Å². The lowest BCUT2D eigenvalue weighted by Crippen LogP contribution is -2.25. The number of fused-ring (bicyclic) bond motifs is 1. The monoisotopic (exact) mass is 454 g/mol. The zero-order valence-electron chi connectivity index (χ0n) is 18.3. The topological polar surface area (TPSA) is 98.4 Å². The van der Waals surface area contributed by atoms with Crippen LogP contribution in [0.3, 0.4) is 0 Å². The first kappa shape index (κ1) is 20.9. The number of pyridine rings is 1. The third-order valence-corrected chi connectivity index (χ3v) is 7.49. The van der Waals surface area contributed by atoms with E-state index in [9.17, 15) is 8.42 Å². The second-order valence-electron chi connectivity index (χ2n) is 8.98. The molecule has 1 saturated heterocycles. The molecule has 3 aromatic rings. The van der Waals surface area contributed by atoms with E-state index in [0.717, 1.165) is 30.0 Å². The van der Waals surface area contributed by atoms with Crippen LogP contribution in [-0.4, -0.2) is 49.5 Å². The second-order valence-corrected chi connectivity index (χ2v) is 11.0. The van der Waals surface area contributed by atoms with E-state index in [2.05, 4.69) is 33.9 Å². The van der Waals surface area contributed by atoms with Crippen LogP contribution in [0.15, 0.2) is 52.0 Å². The van der Waals surface area contributed by atoms with Crippen molar-refractivity contribution in [3.8, 4) is 17.0 Å². The summed E-state index contributed by atoms with van der Waals surface area (Å²) in [6.07, 6.45) is 2.96. The molecule has 0 spiro atoms. The van der Waals surface area contributed by atoms with Crippen molar-refractivity contribution >= 4 is 15.9 Å². The first-order chi connectivity index (χ1) is 15.3. The predicted octanol–water partition coefficient (Wildman–Crippen LogP) is 3.42. The number of anilines is 1. The highest BCUT2D eigenvalue weighted by molar-refractivity contribution is 7.90. The van der Waals surface area contributed by atoms with Crippen molar-refractivity contribution in [3.63, 3.8) is 0 Å². The minimum absolute atomic E-state index is 0.261. The summed E-state index contributed by atoms with van der Waals surface area (Å²) in [5.74, 6) is 3.33. The standard InChI is InChI=1S/C23H26N4O4S/c1-14(2)22-25-23(31-26-22)27-11-18-19(12-27)20(18)13-30-21-9-6-16(10-24-21)15-4-7-17(8-5-15)32(3,28)29/h4-10,14,18-20H,11-13H2,1-3H3/t18-,19+,20?. The lowest BCUT2D eigenvalue weighted by molar-refractivity contribution is 0.272. The first-order valence-corrected chi connectivity index (χ1v) is 12.7. The summed E-state index contributed by atoms with van der Waals surface area (Å²) in [5, 5.41) is 4.05. The highest BCUT2D eigenvalue weighted by Crippen LogP contribution is 2.52. The minimum Gasteiger partial charge on any atom is -0.477 e. The summed E-state index contributed by atoms with van der Waals surface area (Å²) in [6.45, 7) is 6.61. The number of hydrogen-bond acceptors (Lipinski definition) is 8. The van der Waals surface area contributed by atoms with E-state index in [-0.39, 0.29) is 5.92 Å². The molecule has 32 heavy (non-hydrogen) atoms. The molecule has 3 atom stereocenters. The molecule has 168 valence electrons. The highest BCUT2D eigenvalue weighted by Gasteiger charge is 2.56. The molecule has 2 aromatic heterocycles. The summed E-state index contributed by atoms with van der Waals surface area (Å²) in [5.41, 5.74) is 1.83. The van der Waals surface area contributed by atoms with Gasteiger partial charge in [-0.25, -0.2) is 13.4 Å². The van der Waals surface area contributed by atoms with Gasteiger partial charge in [0.1, 0.15) is 0 Å². The third kappa shape index (κ3) is 4.09. The SMILES string of the molecule is CC(C)c1noc(N2C[C@@H]3C(COc4ccc(-c5ccc(S(C)(=O)=O)cc5)cn4)[C@@H]3C2)n1. The van der Waals surface area contributed by atoms with E-state index in [1.165, 1.54) is 6.26 Å². The average Bonchev–Trinajstić information content (AvgIpc) is 3.16.